The molecule has 0 aliphatic heterocycles. The Bertz CT molecular complexity index is 554. The van der Waals surface area contributed by atoms with Crippen molar-refractivity contribution in [1.82, 2.24) is 5.32 Å². The smallest absolute Gasteiger partial charge is 0.0642 e. The zero-order valence-corrected chi connectivity index (χ0v) is 14.5. The largest absolute Gasteiger partial charge is 0.370 e. The minimum atomic E-state index is 0.417. The van der Waals surface area contributed by atoms with Crippen LogP contribution < -0.4 is 10.2 Å². The van der Waals surface area contributed by atoms with Gasteiger partial charge in [0.15, 0.2) is 0 Å². The third kappa shape index (κ3) is 4.47. The molecule has 1 N–H and O–H groups in total. The zero-order chi connectivity index (χ0) is 15.2. The maximum Gasteiger partial charge on any atom is 0.0642 e. The molecule has 0 spiro atoms. The predicted molar refractivity (Wildman–Crippen MR) is 94.7 cm³/mol. The molecule has 1 heterocycles. The van der Waals surface area contributed by atoms with Gasteiger partial charge in [-0.2, -0.15) is 0 Å². The van der Waals surface area contributed by atoms with E-state index in [1.807, 2.05) is 11.3 Å². The van der Waals surface area contributed by atoms with E-state index in [0.29, 0.717) is 6.04 Å². The average molecular weight is 323 g/mol. The number of nitrogens with one attached hydrogen (secondary N) is 1. The molecular weight excluding hydrogens is 300 g/mol. The molecular formula is C17H23ClN2S. The molecule has 0 aliphatic rings. The lowest BCUT2D eigenvalue weighted by Gasteiger charge is -2.28. The second-order valence-electron chi connectivity index (χ2n) is 5.31. The van der Waals surface area contributed by atoms with Gasteiger partial charge in [-0.05, 0) is 42.6 Å². The fourth-order valence-corrected chi connectivity index (χ4v) is 3.47. The minimum absolute atomic E-state index is 0.417. The van der Waals surface area contributed by atoms with Crippen molar-refractivity contribution in [1.29, 1.82) is 0 Å². The highest BCUT2D eigenvalue weighted by Crippen LogP contribution is 2.28. The van der Waals surface area contributed by atoms with Crippen molar-refractivity contribution in [2.75, 3.05) is 18.5 Å². The van der Waals surface area contributed by atoms with Crippen molar-refractivity contribution in [2.24, 2.45) is 0 Å². The fourth-order valence-electron chi connectivity index (χ4n) is 2.31. The first kappa shape index (κ1) is 16.3. The van der Waals surface area contributed by atoms with Crippen LogP contribution in [-0.4, -0.2) is 19.6 Å². The Morgan fingerprint density at radius 3 is 2.76 bits per heavy atom. The van der Waals surface area contributed by atoms with Crippen LogP contribution in [0.1, 0.15) is 24.3 Å². The van der Waals surface area contributed by atoms with E-state index in [1.54, 1.807) is 0 Å². The van der Waals surface area contributed by atoms with E-state index in [-0.39, 0.29) is 0 Å². The maximum absolute atomic E-state index is 6.46. The third-order valence-corrected chi connectivity index (χ3v) is 4.91. The summed E-state index contributed by atoms with van der Waals surface area (Å²) < 4.78 is 0. The van der Waals surface area contributed by atoms with Gasteiger partial charge in [0, 0.05) is 30.9 Å². The van der Waals surface area contributed by atoms with E-state index >= 15 is 0 Å². The first-order chi connectivity index (χ1) is 10.1. The summed E-state index contributed by atoms with van der Waals surface area (Å²) in [6.45, 7) is 6.18. The Labute approximate surface area is 136 Å². The number of benzene rings is 1. The number of likely N-dealkylation sites (N-methyl/N-ethyl adjacent to an activating group) is 1. The lowest BCUT2D eigenvalue weighted by molar-refractivity contribution is 0.687. The molecule has 4 heteroatoms. The summed E-state index contributed by atoms with van der Waals surface area (Å²) >= 11 is 8.27. The number of hydrogen-bond donors (Lipinski definition) is 1. The van der Waals surface area contributed by atoms with Crippen LogP contribution in [0.25, 0.3) is 0 Å². The van der Waals surface area contributed by atoms with Crippen LogP contribution in [0.4, 0.5) is 5.69 Å². The topological polar surface area (TPSA) is 15.3 Å². The van der Waals surface area contributed by atoms with Crippen LogP contribution in [0.2, 0.25) is 5.02 Å². The number of halogens is 1. The summed E-state index contributed by atoms with van der Waals surface area (Å²) in [6, 6.07) is 11.1. The molecule has 2 nitrogen and oxygen atoms in total. The molecule has 0 radical (unpaired) electrons. The molecule has 0 aliphatic carbocycles. The van der Waals surface area contributed by atoms with Crippen molar-refractivity contribution < 1.29 is 0 Å². The van der Waals surface area contributed by atoms with E-state index in [4.69, 9.17) is 11.6 Å². The Kier molecular flexibility index (Phi) is 6.09. The molecule has 1 atom stereocenters. The molecule has 1 aromatic carbocycles. The Balaban J connectivity index is 2.05. The number of nitrogens with zero attached hydrogens (tertiary/aromatic N) is 1. The first-order valence-corrected chi connectivity index (χ1v) is 8.62. The average Bonchev–Trinajstić information content (AvgIpc) is 2.97. The summed E-state index contributed by atoms with van der Waals surface area (Å²) in [6.07, 6.45) is 1.05. The van der Waals surface area contributed by atoms with E-state index in [9.17, 15) is 0 Å². The molecule has 1 aromatic heterocycles. The standard InChI is InChI=1S/C17H23ClN2S/c1-4-19-12-14-7-8-17(16(18)11-14)20(3)13(2)10-15-6-5-9-21-15/h5-9,11,13,19H,4,10,12H2,1-3H3. The molecule has 0 saturated heterocycles. The van der Waals surface area contributed by atoms with Gasteiger partial charge in [0.25, 0.3) is 0 Å². The van der Waals surface area contributed by atoms with E-state index in [0.717, 1.165) is 30.2 Å². The number of rotatable bonds is 7. The van der Waals surface area contributed by atoms with Gasteiger partial charge in [-0.25, -0.2) is 0 Å². The van der Waals surface area contributed by atoms with Crippen LogP contribution in [0.5, 0.6) is 0 Å². The van der Waals surface area contributed by atoms with Gasteiger partial charge in [-0.15, -0.1) is 11.3 Å². The van der Waals surface area contributed by atoms with Gasteiger partial charge in [0.2, 0.25) is 0 Å². The maximum atomic E-state index is 6.46. The van der Waals surface area contributed by atoms with Crippen LogP contribution in [0.15, 0.2) is 35.7 Å². The first-order valence-electron chi connectivity index (χ1n) is 7.36. The quantitative estimate of drug-likeness (QED) is 0.802. The predicted octanol–water partition coefficient (Wildman–Crippen LogP) is 4.58. The highest BCUT2D eigenvalue weighted by atomic mass is 35.5. The molecule has 0 saturated carbocycles. The van der Waals surface area contributed by atoms with Gasteiger partial charge in [0.1, 0.15) is 0 Å². The molecule has 21 heavy (non-hydrogen) atoms. The lowest BCUT2D eigenvalue weighted by atomic mass is 10.1. The minimum Gasteiger partial charge on any atom is -0.370 e. The molecule has 0 amide bonds. The van der Waals surface area contributed by atoms with Gasteiger partial charge in [-0.3, -0.25) is 0 Å². The number of hydrogen-bond acceptors (Lipinski definition) is 3. The second-order valence-corrected chi connectivity index (χ2v) is 6.75. The zero-order valence-electron chi connectivity index (χ0n) is 12.9. The Morgan fingerprint density at radius 2 is 2.14 bits per heavy atom. The van der Waals surface area contributed by atoms with Crippen LogP contribution in [0, 0.1) is 0 Å². The van der Waals surface area contributed by atoms with Gasteiger partial charge in [-0.1, -0.05) is 30.7 Å². The summed E-state index contributed by atoms with van der Waals surface area (Å²) in [5, 5.41) is 6.28. The molecule has 1 unspecified atom stereocenters. The molecule has 0 fully saturated rings. The van der Waals surface area contributed by atoms with E-state index in [1.165, 1.54) is 10.4 Å². The van der Waals surface area contributed by atoms with E-state index < -0.39 is 0 Å². The summed E-state index contributed by atoms with van der Waals surface area (Å²) in [5.41, 5.74) is 2.32. The van der Waals surface area contributed by atoms with E-state index in [2.05, 4.69) is 66.8 Å². The molecule has 2 rings (SSSR count). The Hall–Kier alpha value is -1.03. The number of anilines is 1. The van der Waals surface area contributed by atoms with Gasteiger partial charge in [0.05, 0.1) is 10.7 Å². The summed E-state index contributed by atoms with van der Waals surface area (Å²) in [5.74, 6) is 0. The third-order valence-electron chi connectivity index (χ3n) is 3.71. The Morgan fingerprint density at radius 1 is 1.33 bits per heavy atom. The summed E-state index contributed by atoms with van der Waals surface area (Å²) in [4.78, 5) is 3.67. The van der Waals surface area contributed by atoms with Gasteiger partial charge >= 0.3 is 0 Å². The molecule has 114 valence electrons. The van der Waals surface area contributed by atoms with Crippen molar-refractivity contribution in [2.45, 2.75) is 32.9 Å². The second kappa shape index (κ2) is 7.83. The van der Waals surface area contributed by atoms with Crippen molar-refractivity contribution in [3.8, 4) is 0 Å². The summed E-state index contributed by atoms with van der Waals surface area (Å²) in [7, 11) is 2.11. The van der Waals surface area contributed by atoms with Crippen LogP contribution >= 0.6 is 22.9 Å². The molecule has 0 bridgehead atoms. The molecule has 2 aromatic rings. The van der Waals surface area contributed by atoms with Crippen molar-refractivity contribution in [3.63, 3.8) is 0 Å². The SMILES string of the molecule is CCNCc1ccc(N(C)C(C)Cc2cccs2)c(Cl)c1. The van der Waals surface area contributed by atoms with Crippen molar-refractivity contribution in [3.05, 3.63) is 51.2 Å². The normalized spacial score (nSPS) is 12.4. The van der Waals surface area contributed by atoms with Crippen LogP contribution in [-0.2, 0) is 13.0 Å². The highest BCUT2D eigenvalue weighted by Gasteiger charge is 2.14. The van der Waals surface area contributed by atoms with Gasteiger partial charge < -0.3 is 10.2 Å². The monoisotopic (exact) mass is 322 g/mol. The van der Waals surface area contributed by atoms with Crippen LogP contribution in [0.3, 0.4) is 0 Å². The van der Waals surface area contributed by atoms with Crippen molar-refractivity contribution >= 4 is 28.6 Å². The number of thiophene rings is 1. The lowest BCUT2D eigenvalue weighted by Crippen LogP contribution is -2.30. The fraction of sp³-hybridized carbons (Fsp3) is 0.412. The highest BCUT2D eigenvalue weighted by molar-refractivity contribution is 7.09.